The molecule has 0 aliphatic carbocycles. The van der Waals surface area contributed by atoms with Gasteiger partial charge in [-0.2, -0.15) is 5.10 Å². The number of benzene rings is 1. The number of ether oxygens (including phenoxy) is 1. The zero-order chi connectivity index (χ0) is 19.6. The standard InChI is InChI=1S/C23H24N4O2/c1-28-20-7-2-5-17(13-20)18-9-10-22-24-23(25-27(22)15-18)19-6-3-11-26(14-19)16-21-8-4-12-29-21/h2,4-5,7-10,12-13,15,19H,3,6,11,14,16H2,1H3/t19-/m1/s1. The van der Waals surface area contributed by atoms with Crippen LogP contribution in [0.3, 0.4) is 0 Å². The van der Waals surface area contributed by atoms with Crippen molar-refractivity contribution in [3.05, 3.63) is 72.6 Å². The number of fused-ring (bicyclic) bond motifs is 1. The molecule has 0 amide bonds. The molecule has 1 aliphatic heterocycles. The first kappa shape index (κ1) is 17.9. The van der Waals surface area contributed by atoms with Gasteiger partial charge < -0.3 is 9.15 Å². The van der Waals surface area contributed by atoms with Gasteiger partial charge in [0.25, 0.3) is 0 Å². The van der Waals surface area contributed by atoms with Gasteiger partial charge in [0.1, 0.15) is 11.5 Å². The van der Waals surface area contributed by atoms with Gasteiger partial charge in [-0.05, 0) is 61.3 Å². The van der Waals surface area contributed by atoms with Crippen LogP contribution in [0, 0.1) is 0 Å². The lowest BCUT2D eigenvalue weighted by molar-refractivity contribution is 0.183. The van der Waals surface area contributed by atoms with Gasteiger partial charge in [0.2, 0.25) is 0 Å². The van der Waals surface area contributed by atoms with Crippen LogP contribution >= 0.6 is 0 Å². The minimum Gasteiger partial charge on any atom is -0.497 e. The van der Waals surface area contributed by atoms with Crippen LogP contribution in [0.15, 0.2) is 65.4 Å². The normalized spacial score (nSPS) is 17.6. The highest BCUT2D eigenvalue weighted by Crippen LogP contribution is 2.28. The quantitative estimate of drug-likeness (QED) is 0.508. The van der Waals surface area contributed by atoms with Crippen LogP contribution in [-0.4, -0.2) is 39.7 Å². The van der Waals surface area contributed by atoms with E-state index < -0.39 is 0 Å². The summed E-state index contributed by atoms with van der Waals surface area (Å²) in [6.07, 6.45) is 6.05. The maximum Gasteiger partial charge on any atom is 0.156 e. The smallest absolute Gasteiger partial charge is 0.156 e. The van der Waals surface area contributed by atoms with Crippen molar-refractivity contribution in [1.29, 1.82) is 0 Å². The lowest BCUT2D eigenvalue weighted by atomic mass is 9.97. The molecule has 1 atom stereocenters. The molecule has 29 heavy (non-hydrogen) atoms. The zero-order valence-electron chi connectivity index (χ0n) is 16.5. The highest BCUT2D eigenvalue weighted by atomic mass is 16.5. The minimum absolute atomic E-state index is 0.346. The highest BCUT2D eigenvalue weighted by molar-refractivity contribution is 5.65. The summed E-state index contributed by atoms with van der Waals surface area (Å²) in [5, 5.41) is 4.82. The predicted molar refractivity (Wildman–Crippen MR) is 111 cm³/mol. The molecule has 0 unspecified atom stereocenters. The molecule has 0 radical (unpaired) electrons. The summed E-state index contributed by atoms with van der Waals surface area (Å²) < 4.78 is 12.8. The fraction of sp³-hybridized carbons (Fsp3) is 0.304. The summed E-state index contributed by atoms with van der Waals surface area (Å²) in [5.74, 6) is 3.13. The number of pyridine rings is 1. The molecular formula is C23H24N4O2. The van der Waals surface area contributed by atoms with Crippen LogP contribution in [0.1, 0.15) is 30.3 Å². The van der Waals surface area contributed by atoms with E-state index in [1.165, 1.54) is 0 Å². The van der Waals surface area contributed by atoms with Crippen LogP contribution in [0.25, 0.3) is 16.8 Å². The van der Waals surface area contributed by atoms with Crippen LogP contribution in [0.4, 0.5) is 0 Å². The van der Waals surface area contributed by atoms with E-state index >= 15 is 0 Å². The average Bonchev–Trinajstić information content (AvgIpc) is 3.43. The van der Waals surface area contributed by atoms with Crippen molar-refractivity contribution in [2.24, 2.45) is 0 Å². The number of methoxy groups -OCH3 is 1. The number of rotatable bonds is 5. The molecule has 1 saturated heterocycles. The largest absolute Gasteiger partial charge is 0.497 e. The van der Waals surface area contributed by atoms with Crippen molar-refractivity contribution in [2.75, 3.05) is 20.2 Å². The summed E-state index contributed by atoms with van der Waals surface area (Å²) >= 11 is 0. The molecule has 0 bridgehead atoms. The van der Waals surface area contributed by atoms with Crippen molar-refractivity contribution < 1.29 is 9.15 Å². The van der Waals surface area contributed by atoms with Crippen LogP contribution < -0.4 is 4.74 Å². The molecule has 148 valence electrons. The van der Waals surface area contributed by atoms with Gasteiger partial charge in [0, 0.05) is 24.2 Å². The second-order valence-electron chi connectivity index (χ2n) is 7.58. The number of hydrogen-bond donors (Lipinski definition) is 0. The Balaban J connectivity index is 1.38. The second-order valence-corrected chi connectivity index (χ2v) is 7.58. The summed E-state index contributed by atoms with van der Waals surface area (Å²) in [6, 6.07) is 16.2. The van der Waals surface area contributed by atoms with E-state index in [0.717, 1.165) is 66.6 Å². The summed E-state index contributed by atoms with van der Waals surface area (Å²) in [5.41, 5.74) is 3.08. The van der Waals surface area contributed by atoms with Crippen molar-refractivity contribution in [2.45, 2.75) is 25.3 Å². The molecule has 0 N–H and O–H groups in total. The van der Waals surface area contributed by atoms with E-state index in [1.54, 1.807) is 13.4 Å². The minimum atomic E-state index is 0.346. The molecular weight excluding hydrogens is 364 g/mol. The van der Waals surface area contributed by atoms with Gasteiger partial charge >= 0.3 is 0 Å². The molecule has 4 heterocycles. The van der Waals surface area contributed by atoms with Gasteiger partial charge in [0.05, 0.1) is 19.9 Å². The monoisotopic (exact) mass is 388 g/mol. The van der Waals surface area contributed by atoms with E-state index in [4.69, 9.17) is 19.2 Å². The van der Waals surface area contributed by atoms with E-state index in [1.807, 2.05) is 47.1 Å². The molecule has 1 fully saturated rings. The first-order valence-corrected chi connectivity index (χ1v) is 10.0. The SMILES string of the molecule is COc1cccc(-c2ccc3nc([C@@H]4CCCN(Cc5ccco5)C4)nn3c2)c1. The highest BCUT2D eigenvalue weighted by Gasteiger charge is 2.25. The van der Waals surface area contributed by atoms with Gasteiger partial charge in [-0.1, -0.05) is 12.1 Å². The number of aromatic nitrogens is 3. The average molecular weight is 388 g/mol. The second kappa shape index (κ2) is 7.72. The maximum atomic E-state index is 5.51. The van der Waals surface area contributed by atoms with Crippen molar-refractivity contribution in [1.82, 2.24) is 19.5 Å². The Morgan fingerprint density at radius 3 is 2.97 bits per heavy atom. The molecule has 0 saturated carbocycles. The third-order valence-electron chi connectivity index (χ3n) is 5.58. The third kappa shape index (κ3) is 3.76. The molecule has 6 nitrogen and oxygen atoms in total. The first-order chi connectivity index (χ1) is 14.3. The maximum absolute atomic E-state index is 5.51. The van der Waals surface area contributed by atoms with Gasteiger partial charge in [-0.25, -0.2) is 9.50 Å². The van der Waals surface area contributed by atoms with Crippen molar-refractivity contribution >= 4 is 5.65 Å². The molecule has 1 aromatic carbocycles. The zero-order valence-corrected chi connectivity index (χ0v) is 16.5. The van der Waals surface area contributed by atoms with Gasteiger partial charge in [-0.3, -0.25) is 4.90 Å². The lowest BCUT2D eigenvalue weighted by Crippen LogP contribution is -2.34. The summed E-state index contributed by atoms with van der Waals surface area (Å²) in [4.78, 5) is 7.24. The number of hydrogen-bond acceptors (Lipinski definition) is 5. The Kier molecular flexibility index (Phi) is 4.77. The first-order valence-electron chi connectivity index (χ1n) is 10.0. The van der Waals surface area contributed by atoms with E-state index in [2.05, 4.69) is 17.0 Å². The Morgan fingerprint density at radius 1 is 1.14 bits per heavy atom. The molecule has 4 aromatic rings. The fourth-order valence-electron chi connectivity index (χ4n) is 4.08. The lowest BCUT2D eigenvalue weighted by Gasteiger charge is -2.30. The number of likely N-dealkylation sites (tertiary alicyclic amines) is 1. The Labute approximate surface area is 169 Å². The number of piperidine rings is 1. The number of furan rings is 1. The Morgan fingerprint density at radius 2 is 2.10 bits per heavy atom. The molecule has 5 rings (SSSR count). The van der Waals surface area contributed by atoms with Crippen LogP contribution in [-0.2, 0) is 6.54 Å². The summed E-state index contributed by atoms with van der Waals surface area (Å²) in [7, 11) is 1.69. The van der Waals surface area contributed by atoms with E-state index in [0.29, 0.717) is 5.92 Å². The number of nitrogens with zero attached hydrogens (tertiary/aromatic N) is 4. The van der Waals surface area contributed by atoms with Crippen LogP contribution in [0.2, 0.25) is 0 Å². The molecule has 1 aliphatic rings. The molecule has 3 aromatic heterocycles. The van der Waals surface area contributed by atoms with Crippen molar-refractivity contribution in [3.63, 3.8) is 0 Å². The third-order valence-corrected chi connectivity index (χ3v) is 5.58. The van der Waals surface area contributed by atoms with Crippen LogP contribution in [0.5, 0.6) is 5.75 Å². The van der Waals surface area contributed by atoms with Crippen molar-refractivity contribution in [3.8, 4) is 16.9 Å². The summed E-state index contributed by atoms with van der Waals surface area (Å²) in [6.45, 7) is 2.89. The predicted octanol–water partition coefficient (Wildman–Crippen LogP) is 4.38. The Hall–Kier alpha value is -3.12. The van der Waals surface area contributed by atoms with E-state index in [9.17, 15) is 0 Å². The van der Waals surface area contributed by atoms with E-state index in [-0.39, 0.29) is 0 Å². The molecule has 6 heteroatoms. The topological polar surface area (TPSA) is 55.8 Å². The van der Waals surface area contributed by atoms with Gasteiger partial charge in [-0.15, -0.1) is 0 Å². The Bertz CT molecular complexity index is 1100. The molecule has 0 spiro atoms. The van der Waals surface area contributed by atoms with Gasteiger partial charge in [0.15, 0.2) is 11.5 Å². The fourth-order valence-corrected chi connectivity index (χ4v) is 4.08.